The van der Waals surface area contributed by atoms with Gasteiger partial charge in [-0.05, 0) is 31.4 Å². The molecule has 1 saturated heterocycles. The Labute approximate surface area is 160 Å². The number of nitrogens with zero attached hydrogens (tertiary/aromatic N) is 2. The SMILES string of the molecule is Cl.Cl.Cn1c(CCCNC(=O)[C@@H]2CC[C@H](CN)O2)nc2ccccc21. The summed E-state index contributed by atoms with van der Waals surface area (Å²) in [6.45, 7) is 1.12. The molecule has 0 unspecified atom stereocenters. The van der Waals surface area contributed by atoms with Gasteiger partial charge < -0.3 is 20.4 Å². The van der Waals surface area contributed by atoms with Crippen LogP contribution in [0.2, 0.25) is 0 Å². The molecular weight excluding hydrogens is 363 g/mol. The zero-order valence-corrected chi connectivity index (χ0v) is 15.9. The lowest BCUT2D eigenvalue weighted by Gasteiger charge is -2.12. The molecule has 2 aromatic rings. The third kappa shape index (κ3) is 5.07. The van der Waals surface area contributed by atoms with Crippen LogP contribution in [0.5, 0.6) is 0 Å². The Balaban J connectivity index is 0.00000156. The highest BCUT2D eigenvalue weighted by Gasteiger charge is 2.29. The molecule has 2 atom stereocenters. The van der Waals surface area contributed by atoms with Crippen molar-refractivity contribution in [1.82, 2.24) is 14.9 Å². The van der Waals surface area contributed by atoms with E-state index in [1.54, 1.807) is 0 Å². The lowest BCUT2D eigenvalue weighted by Crippen LogP contribution is -2.36. The van der Waals surface area contributed by atoms with Crippen LogP contribution in [0.25, 0.3) is 11.0 Å². The van der Waals surface area contributed by atoms with E-state index in [2.05, 4.69) is 20.9 Å². The zero-order chi connectivity index (χ0) is 16.2. The molecule has 6 nitrogen and oxygen atoms in total. The third-order valence-corrected chi connectivity index (χ3v) is 4.42. The maximum absolute atomic E-state index is 12.0. The molecule has 0 spiro atoms. The van der Waals surface area contributed by atoms with Crippen LogP contribution >= 0.6 is 24.8 Å². The molecule has 2 heterocycles. The van der Waals surface area contributed by atoms with Gasteiger partial charge in [0.25, 0.3) is 0 Å². The van der Waals surface area contributed by atoms with Gasteiger partial charge >= 0.3 is 0 Å². The minimum Gasteiger partial charge on any atom is -0.364 e. The van der Waals surface area contributed by atoms with Crippen molar-refractivity contribution in [1.29, 1.82) is 0 Å². The number of hydrogen-bond donors (Lipinski definition) is 2. The van der Waals surface area contributed by atoms with E-state index in [4.69, 9.17) is 10.5 Å². The van der Waals surface area contributed by atoms with Crippen LogP contribution in [0.4, 0.5) is 0 Å². The number of halogens is 2. The number of benzene rings is 1. The van der Waals surface area contributed by atoms with Crippen LogP contribution in [-0.2, 0) is 23.0 Å². The van der Waals surface area contributed by atoms with Crippen molar-refractivity contribution in [2.24, 2.45) is 12.8 Å². The number of nitrogens with one attached hydrogen (secondary N) is 1. The van der Waals surface area contributed by atoms with Crippen LogP contribution < -0.4 is 11.1 Å². The molecule has 0 aliphatic carbocycles. The quantitative estimate of drug-likeness (QED) is 0.741. The van der Waals surface area contributed by atoms with E-state index in [0.717, 1.165) is 42.5 Å². The van der Waals surface area contributed by atoms with Gasteiger partial charge in [-0.1, -0.05) is 12.1 Å². The fraction of sp³-hybridized carbons (Fsp3) is 0.529. The molecule has 0 saturated carbocycles. The van der Waals surface area contributed by atoms with Crippen LogP contribution in [0.3, 0.4) is 0 Å². The molecule has 1 aromatic carbocycles. The lowest BCUT2D eigenvalue weighted by molar-refractivity contribution is -0.131. The minimum absolute atomic E-state index is 0. The lowest BCUT2D eigenvalue weighted by atomic mass is 10.2. The van der Waals surface area contributed by atoms with E-state index in [0.29, 0.717) is 13.1 Å². The molecule has 0 radical (unpaired) electrons. The Morgan fingerprint density at radius 3 is 2.80 bits per heavy atom. The molecule has 0 bridgehead atoms. The number of carbonyl (C=O) groups excluding carboxylic acids is 1. The predicted molar refractivity (Wildman–Crippen MR) is 103 cm³/mol. The summed E-state index contributed by atoms with van der Waals surface area (Å²) >= 11 is 0. The van der Waals surface area contributed by atoms with Crippen molar-refractivity contribution in [3.63, 3.8) is 0 Å². The van der Waals surface area contributed by atoms with Gasteiger partial charge in [-0.3, -0.25) is 4.79 Å². The number of hydrogen-bond acceptors (Lipinski definition) is 4. The molecular formula is C17H26Cl2N4O2. The number of para-hydroxylation sites is 2. The fourth-order valence-electron chi connectivity index (χ4n) is 3.06. The summed E-state index contributed by atoms with van der Waals surface area (Å²) in [5.41, 5.74) is 7.72. The van der Waals surface area contributed by atoms with Gasteiger partial charge in [-0.2, -0.15) is 0 Å². The van der Waals surface area contributed by atoms with E-state index in [9.17, 15) is 4.79 Å². The number of ether oxygens (including phenoxy) is 1. The first kappa shape index (κ1) is 21.7. The monoisotopic (exact) mass is 388 g/mol. The molecule has 3 rings (SSSR count). The zero-order valence-electron chi connectivity index (χ0n) is 14.3. The highest BCUT2D eigenvalue weighted by Crippen LogP contribution is 2.19. The average molecular weight is 389 g/mol. The third-order valence-electron chi connectivity index (χ3n) is 4.42. The van der Waals surface area contributed by atoms with Crippen molar-refractivity contribution in [3.05, 3.63) is 30.1 Å². The van der Waals surface area contributed by atoms with E-state index in [1.165, 1.54) is 0 Å². The largest absolute Gasteiger partial charge is 0.364 e. The van der Waals surface area contributed by atoms with Gasteiger partial charge in [0.2, 0.25) is 5.91 Å². The Morgan fingerprint density at radius 2 is 2.12 bits per heavy atom. The number of rotatable bonds is 6. The average Bonchev–Trinajstić information content (AvgIpc) is 3.17. The van der Waals surface area contributed by atoms with Gasteiger partial charge in [0.15, 0.2) is 0 Å². The van der Waals surface area contributed by atoms with E-state index < -0.39 is 0 Å². The number of carbonyl (C=O) groups is 1. The molecule has 140 valence electrons. The maximum Gasteiger partial charge on any atom is 0.249 e. The first-order valence-electron chi connectivity index (χ1n) is 8.22. The van der Waals surface area contributed by atoms with Gasteiger partial charge in [-0.25, -0.2) is 4.98 Å². The Morgan fingerprint density at radius 1 is 1.36 bits per heavy atom. The number of nitrogens with two attached hydrogens (primary N) is 1. The summed E-state index contributed by atoms with van der Waals surface area (Å²) in [5, 5.41) is 2.95. The number of aromatic nitrogens is 2. The minimum atomic E-state index is -0.334. The Hall–Kier alpha value is -1.34. The highest BCUT2D eigenvalue weighted by atomic mass is 35.5. The number of imidazole rings is 1. The second-order valence-electron chi connectivity index (χ2n) is 6.03. The number of amides is 1. The predicted octanol–water partition coefficient (Wildman–Crippen LogP) is 1.97. The molecule has 3 N–H and O–H groups in total. The van der Waals surface area contributed by atoms with E-state index in [1.807, 2.05) is 25.2 Å². The number of aryl methyl sites for hydroxylation is 2. The van der Waals surface area contributed by atoms with Crippen LogP contribution in [0, 0.1) is 0 Å². The summed E-state index contributed by atoms with van der Waals surface area (Å²) in [7, 11) is 2.03. The van der Waals surface area contributed by atoms with Gasteiger partial charge in [0.1, 0.15) is 11.9 Å². The molecule has 1 aliphatic rings. The van der Waals surface area contributed by atoms with Crippen molar-refractivity contribution < 1.29 is 9.53 Å². The van der Waals surface area contributed by atoms with E-state index in [-0.39, 0.29) is 42.9 Å². The highest BCUT2D eigenvalue weighted by molar-refractivity contribution is 5.85. The summed E-state index contributed by atoms with van der Waals surface area (Å²) in [4.78, 5) is 16.7. The summed E-state index contributed by atoms with van der Waals surface area (Å²) in [5.74, 6) is 1.02. The van der Waals surface area contributed by atoms with Crippen LogP contribution in [-0.4, -0.2) is 40.8 Å². The normalized spacial score (nSPS) is 19.3. The molecule has 8 heteroatoms. The summed E-state index contributed by atoms with van der Waals surface area (Å²) < 4.78 is 7.71. The van der Waals surface area contributed by atoms with Gasteiger partial charge in [0.05, 0.1) is 17.1 Å². The van der Waals surface area contributed by atoms with Crippen molar-refractivity contribution in [3.8, 4) is 0 Å². The van der Waals surface area contributed by atoms with Crippen molar-refractivity contribution >= 4 is 41.8 Å². The number of fused-ring (bicyclic) bond motifs is 1. The second kappa shape index (κ2) is 9.97. The van der Waals surface area contributed by atoms with Gasteiger partial charge in [0, 0.05) is 26.6 Å². The van der Waals surface area contributed by atoms with Crippen molar-refractivity contribution in [2.45, 2.75) is 37.9 Å². The van der Waals surface area contributed by atoms with E-state index >= 15 is 0 Å². The van der Waals surface area contributed by atoms with Gasteiger partial charge in [-0.15, -0.1) is 24.8 Å². The molecule has 1 aromatic heterocycles. The molecule has 1 fully saturated rings. The topological polar surface area (TPSA) is 82.2 Å². The molecule has 1 amide bonds. The standard InChI is InChI=1S/C17H24N4O2.2ClH/c1-21-14-6-3-2-5-13(14)20-16(21)7-4-10-19-17(22)15-9-8-12(11-18)23-15;;/h2-3,5-6,12,15H,4,7-11,18H2,1H3,(H,19,22);2*1H/t12-,15+;;/m1../s1. The van der Waals surface area contributed by atoms with Crippen LogP contribution in [0.1, 0.15) is 25.1 Å². The Kier molecular flexibility index (Phi) is 8.65. The first-order valence-corrected chi connectivity index (χ1v) is 8.22. The Bertz CT molecular complexity index is 692. The van der Waals surface area contributed by atoms with Crippen LogP contribution in [0.15, 0.2) is 24.3 Å². The summed E-state index contributed by atoms with van der Waals surface area (Å²) in [6, 6.07) is 8.10. The van der Waals surface area contributed by atoms with Crippen molar-refractivity contribution in [2.75, 3.05) is 13.1 Å². The second-order valence-corrected chi connectivity index (χ2v) is 6.03. The fourth-order valence-corrected chi connectivity index (χ4v) is 3.06. The summed E-state index contributed by atoms with van der Waals surface area (Å²) in [6.07, 6.45) is 3.02. The molecule has 25 heavy (non-hydrogen) atoms. The first-order chi connectivity index (χ1) is 11.2. The molecule has 1 aliphatic heterocycles. The maximum atomic E-state index is 12.0. The smallest absolute Gasteiger partial charge is 0.249 e.